The van der Waals surface area contributed by atoms with Crippen LogP contribution in [0.1, 0.15) is 40.2 Å². The van der Waals surface area contributed by atoms with Crippen LogP contribution in [0.5, 0.6) is 0 Å². The number of hydrogen-bond donors (Lipinski definition) is 0. The number of aliphatic imine (C=N–C) groups is 1. The van der Waals surface area contributed by atoms with Gasteiger partial charge in [0.2, 0.25) is 0 Å². The van der Waals surface area contributed by atoms with Crippen molar-refractivity contribution in [3.8, 4) is 0 Å². The van der Waals surface area contributed by atoms with Crippen molar-refractivity contribution in [2.24, 2.45) is 4.99 Å². The third-order valence-corrected chi connectivity index (χ3v) is 3.08. The molecular weight excluding hydrogens is 278 g/mol. The molecule has 0 N–H and O–H groups in total. The summed E-state index contributed by atoms with van der Waals surface area (Å²) in [6.07, 6.45) is 0. The van der Waals surface area contributed by atoms with Crippen LogP contribution in [-0.2, 0) is 10.2 Å². The summed E-state index contributed by atoms with van der Waals surface area (Å²) in [5.74, 6) is 0.691. The van der Waals surface area contributed by atoms with Gasteiger partial charge in [-0.3, -0.25) is 0 Å². The molecule has 0 aliphatic carbocycles. The van der Waals surface area contributed by atoms with Crippen molar-refractivity contribution in [1.82, 2.24) is 0 Å². The first kappa shape index (κ1) is 14.2. The van der Waals surface area contributed by atoms with Gasteiger partial charge in [0.05, 0.1) is 12.3 Å². The first-order chi connectivity index (χ1) is 7.84. The number of rotatable bonds is 2. The van der Waals surface area contributed by atoms with Crippen molar-refractivity contribution in [3.63, 3.8) is 0 Å². The van der Waals surface area contributed by atoms with E-state index in [1.54, 1.807) is 0 Å². The molecule has 94 valence electrons. The van der Waals surface area contributed by atoms with Gasteiger partial charge in [-0.25, -0.2) is 4.99 Å². The molecule has 3 heteroatoms. The largest absolute Gasteiger partial charge is 0.481 e. The summed E-state index contributed by atoms with van der Waals surface area (Å²) in [6, 6.07) is 6.26. The molecule has 0 saturated heterocycles. The number of hydrogen-bond acceptors (Lipinski definition) is 2. The number of nitrogens with zero attached hydrogens (tertiary/aromatic N) is 1. The van der Waals surface area contributed by atoms with E-state index in [0.717, 1.165) is 10.2 Å². The Morgan fingerprint density at radius 2 is 2.00 bits per heavy atom. The predicted octanol–water partition coefficient (Wildman–Crippen LogP) is 4.83. The van der Waals surface area contributed by atoms with E-state index in [2.05, 4.69) is 53.8 Å². The van der Waals surface area contributed by atoms with Crippen LogP contribution in [-0.4, -0.2) is 12.5 Å². The van der Waals surface area contributed by atoms with Crippen LogP contribution in [0.25, 0.3) is 0 Å². The second kappa shape index (κ2) is 5.67. The summed E-state index contributed by atoms with van der Waals surface area (Å²) in [5, 5.41) is 0. The molecule has 2 nitrogen and oxygen atoms in total. The Morgan fingerprint density at radius 3 is 2.47 bits per heavy atom. The van der Waals surface area contributed by atoms with E-state index in [0.29, 0.717) is 12.5 Å². The van der Waals surface area contributed by atoms with Crippen LogP contribution in [0.4, 0.5) is 5.69 Å². The van der Waals surface area contributed by atoms with Gasteiger partial charge in [-0.1, -0.05) is 26.8 Å². The lowest BCUT2D eigenvalue weighted by Gasteiger charge is -2.19. The molecule has 0 heterocycles. The van der Waals surface area contributed by atoms with Gasteiger partial charge in [-0.05, 0) is 46.0 Å². The van der Waals surface area contributed by atoms with E-state index in [4.69, 9.17) is 4.74 Å². The van der Waals surface area contributed by atoms with Crippen LogP contribution in [0.3, 0.4) is 0 Å². The van der Waals surface area contributed by atoms with Crippen LogP contribution >= 0.6 is 15.9 Å². The van der Waals surface area contributed by atoms with E-state index in [1.165, 1.54) is 5.56 Å². The minimum absolute atomic E-state index is 0.153. The van der Waals surface area contributed by atoms with Gasteiger partial charge >= 0.3 is 0 Å². The van der Waals surface area contributed by atoms with Crippen LogP contribution < -0.4 is 0 Å². The van der Waals surface area contributed by atoms with E-state index in [9.17, 15) is 0 Å². The molecule has 0 bridgehead atoms. The lowest BCUT2D eigenvalue weighted by molar-refractivity contribution is 0.325. The van der Waals surface area contributed by atoms with Crippen molar-refractivity contribution >= 4 is 27.5 Å². The Kier molecular flexibility index (Phi) is 4.75. The Labute approximate surface area is 112 Å². The molecule has 1 aromatic carbocycles. The van der Waals surface area contributed by atoms with Crippen LogP contribution in [0.15, 0.2) is 27.7 Å². The van der Waals surface area contributed by atoms with Gasteiger partial charge in [0.1, 0.15) is 0 Å². The number of ether oxygens (including phenoxy) is 1. The molecule has 0 amide bonds. The number of halogens is 1. The zero-order chi connectivity index (χ0) is 13.1. The van der Waals surface area contributed by atoms with Gasteiger partial charge in [0.15, 0.2) is 5.90 Å². The SMILES string of the molecule is CCOC(C)=Nc1ccc(C(C)(C)C)cc1Br. The molecule has 0 aromatic heterocycles. The standard InChI is InChI=1S/C14H20BrNO/c1-6-17-10(2)16-13-8-7-11(9-12(13)15)14(3,4)5/h7-9H,6H2,1-5H3. The molecule has 0 aliphatic heterocycles. The number of benzene rings is 1. The maximum atomic E-state index is 5.33. The lowest BCUT2D eigenvalue weighted by Crippen LogP contribution is -2.10. The first-order valence-electron chi connectivity index (χ1n) is 5.82. The maximum absolute atomic E-state index is 5.33. The first-order valence-corrected chi connectivity index (χ1v) is 6.62. The highest BCUT2D eigenvalue weighted by Crippen LogP contribution is 2.31. The Balaban J connectivity index is 3.02. The van der Waals surface area contributed by atoms with E-state index in [1.807, 2.05) is 19.9 Å². The fourth-order valence-electron chi connectivity index (χ4n) is 1.47. The van der Waals surface area contributed by atoms with E-state index >= 15 is 0 Å². The second-order valence-electron chi connectivity index (χ2n) is 4.98. The monoisotopic (exact) mass is 297 g/mol. The second-order valence-corrected chi connectivity index (χ2v) is 5.83. The summed E-state index contributed by atoms with van der Waals surface area (Å²) < 4.78 is 6.33. The van der Waals surface area contributed by atoms with Crippen molar-refractivity contribution < 1.29 is 4.74 Å². The molecule has 17 heavy (non-hydrogen) atoms. The van der Waals surface area contributed by atoms with Gasteiger partial charge in [0.25, 0.3) is 0 Å². The van der Waals surface area contributed by atoms with Crippen LogP contribution in [0.2, 0.25) is 0 Å². The summed E-state index contributed by atoms with van der Waals surface area (Å²) >= 11 is 3.56. The quantitative estimate of drug-likeness (QED) is 0.566. The summed E-state index contributed by atoms with van der Waals surface area (Å²) in [7, 11) is 0. The van der Waals surface area contributed by atoms with Crippen molar-refractivity contribution in [3.05, 3.63) is 28.2 Å². The van der Waals surface area contributed by atoms with Crippen molar-refractivity contribution in [1.29, 1.82) is 0 Å². The summed E-state index contributed by atoms with van der Waals surface area (Å²) in [6.45, 7) is 11.1. The zero-order valence-corrected chi connectivity index (χ0v) is 12.8. The molecule has 1 aromatic rings. The summed E-state index contributed by atoms with van der Waals surface area (Å²) in [5.41, 5.74) is 2.35. The Hall–Kier alpha value is -0.830. The molecule has 0 atom stereocenters. The average Bonchev–Trinajstić information content (AvgIpc) is 2.20. The Morgan fingerprint density at radius 1 is 1.35 bits per heavy atom. The molecule has 0 unspecified atom stereocenters. The smallest absolute Gasteiger partial charge is 0.185 e. The van der Waals surface area contributed by atoms with E-state index in [-0.39, 0.29) is 5.41 Å². The van der Waals surface area contributed by atoms with Gasteiger partial charge in [-0.15, -0.1) is 0 Å². The fourth-order valence-corrected chi connectivity index (χ4v) is 1.94. The zero-order valence-electron chi connectivity index (χ0n) is 11.2. The Bertz CT molecular complexity index is 419. The third-order valence-electron chi connectivity index (χ3n) is 2.44. The van der Waals surface area contributed by atoms with Gasteiger partial charge < -0.3 is 4.74 Å². The minimum Gasteiger partial charge on any atom is -0.481 e. The van der Waals surface area contributed by atoms with Gasteiger partial charge in [-0.2, -0.15) is 0 Å². The molecule has 0 spiro atoms. The summed E-state index contributed by atoms with van der Waals surface area (Å²) in [4.78, 5) is 4.42. The molecule has 0 radical (unpaired) electrons. The average molecular weight is 298 g/mol. The maximum Gasteiger partial charge on any atom is 0.185 e. The molecule has 1 rings (SSSR count). The normalized spacial score (nSPS) is 12.7. The highest BCUT2D eigenvalue weighted by Gasteiger charge is 2.14. The highest BCUT2D eigenvalue weighted by molar-refractivity contribution is 9.10. The van der Waals surface area contributed by atoms with Crippen molar-refractivity contribution in [2.45, 2.75) is 40.0 Å². The van der Waals surface area contributed by atoms with E-state index < -0.39 is 0 Å². The molecule has 0 saturated carbocycles. The van der Waals surface area contributed by atoms with Gasteiger partial charge in [0, 0.05) is 11.4 Å². The third kappa shape index (κ3) is 4.15. The van der Waals surface area contributed by atoms with Crippen LogP contribution in [0, 0.1) is 0 Å². The van der Waals surface area contributed by atoms with Crippen molar-refractivity contribution in [2.75, 3.05) is 6.61 Å². The fraction of sp³-hybridized carbons (Fsp3) is 0.500. The minimum atomic E-state index is 0.153. The molecule has 0 aliphatic rings. The molecular formula is C14H20BrNO. The lowest BCUT2D eigenvalue weighted by atomic mass is 9.87. The molecule has 0 fully saturated rings. The highest BCUT2D eigenvalue weighted by atomic mass is 79.9. The predicted molar refractivity (Wildman–Crippen MR) is 77.2 cm³/mol. The topological polar surface area (TPSA) is 21.6 Å².